The highest BCUT2D eigenvalue weighted by Gasteiger charge is 2.24. The first-order valence-corrected chi connectivity index (χ1v) is 9.19. The van der Waals surface area contributed by atoms with E-state index in [1.54, 1.807) is 20.8 Å². The standard InChI is InChI=1S/C22H28N2O4/c1-22(2,3)28-21(26)24-19(20(25)23-15-27-4)14-16-10-12-18(13-11-16)17-8-6-5-7-9-17/h5-13,19H,14-15H2,1-4H3,(H,23,25)(H,24,26)/t19-/m0/s1. The molecule has 6 heteroatoms. The number of rotatable bonds is 7. The molecule has 2 aromatic rings. The number of carbonyl (C=O) groups is 2. The van der Waals surface area contributed by atoms with Gasteiger partial charge in [0.2, 0.25) is 5.91 Å². The van der Waals surface area contributed by atoms with Gasteiger partial charge >= 0.3 is 6.09 Å². The summed E-state index contributed by atoms with van der Waals surface area (Å²) < 4.78 is 10.2. The molecule has 2 N–H and O–H groups in total. The lowest BCUT2D eigenvalue weighted by Gasteiger charge is -2.23. The second-order valence-corrected chi connectivity index (χ2v) is 7.44. The van der Waals surface area contributed by atoms with Gasteiger partial charge in [0.25, 0.3) is 0 Å². The van der Waals surface area contributed by atoms with Crippen LogP contribution in [0.3, 0.4) is 0 Å². The number of alkyl carbamates (subject to hydrolysis) is 1. The van der Waals surface area contributed by atoms with Gasteiger partial charge in [0.1, 0.15) is 18.4 Å². The van der Waals surface area contributed by atoms with Gasteiger partial charge in [-0.2, -0.15) is 0 Å². The highest BCUT2D eigenvalue weighted by molar-refractivity contribution is 5.86. The zero-order chi connectivity index (χ0) is 20.6. The fourth-order valence-electron chi connectivity index (χ4n) is 2.63. The van der Waals surface area contributed by atoms with Crippen LogP contribution in [-0.4, -0.2) is 37.5 Å². The first-order chi connectivity index (χ1) is 13.3. The van der Waals surface area contributed by atoms with Crippen LogP contribution in [0.5, 0.6) is 0 Å². The van der Waals surface area contributed by atoms with Crippen molar-refractivity contribution in [2.45, 2.75) is 38.8 Å². The number of nitrogens with one attached hydrogen (secondary N) is 2. The van der Waals surface area contributed by atoms with Crippen molar-refractivity contribution in [3.63, 3.8) is 0 Å². The van der Waals surface area contributed by atoms with Crippen LogP contribution in [-0.2, 0) is 20.7 Å². The lowest BCUT2D eigenvalue weighted by atomic mass is 10.0. The zero-order valence-electron chi connectivity index (χ0n) is 16.8. The molecule has 0 bridgehead atoms. The van der Waals surface area contributed by atoms with Gasteiger partial charge in [0.15, 0.2) is 0 Å². The molecule has 0 saturated carbocycles. The Morgan fingerprint density at radius 1 is 0.964 bits per heavy atom. The molecule has 0 aliphatic heterocycles. The Labute approximate surface area is 166 Å². The Hall–Kier alpha value is -2.86. The van der Waals surface area contributed by atoms with Crippen LogP contribution in [0.4, 0.5) is 4.79 Å². The molecule has 2 amide bonds. The smallest absolute Gasteiger partial charge is 0.408 e. The third kappa shape index (κ3) is 7.04. The number of amides is 2. The van der Waals surface area contributed by atoms with Crippen molar-refractivity contribution in [1.82, 2.24) is 10.6 Å². The Bertz CT molecular complexity index is 767. The van der Waals surface area contributed by atoms with E-state index in [0.717, 1.165) is 16.7 Å². The predicted octanol–water partition coefficient (Wildman–Crippen LogP) is 3.51. The van der Waals surface area contributed by atoms with Crippen molar-refractivity contribution in [2.24, 2.45) is 0 Å². The fraction of sp³-hybridized carbons (Fsp3) is 0.364. The number of hydrogen-bond acceptors (Lipinski definition) is 4. The Morgan fingerprint density at radius 3 is 2.14 bits per heavy atom. The Balaban J connectivity index is 2.10. The molecule has 0 spiro atoms. The second kappa shape index (κ2) is 9.90. The van der Waals surface area contributed by atoms with Crippen molar-refractivity contribution < 1.29 is 19.1 Å². The van der Waals surface area contributed by atoms with Crippen LogP contribution in [0, 0.1) is 0 Å². The molecule has 28 heavy (non-hydrogen) atoms. The summed E-state index contributed by atoms with van der Waals surface area (Å²) in [5.41, 5.74) is 2.49. The van der Waals surface area contributed by atoms with Crippen LogP contribution in [0.2, 0.25) is 0 Å². The molecule has 0 aromatic heterocycles. The molecule has 0 aliphatic rings. The Morgan fingerprint density at radius 2 is 1.57 bits per heavy atom. The molecule has 2 aromatic carbocycles. The van der Waals surface area contributed by atoms with E-state index in [-0.39, 0.29) is 12.6 Å². The van der Waals surface area contributed by atoms with Crippen LogP contribution < -0.4 is 10.6 Å². The summed E-state index contributed by atoms with van der Waals surface area (Å²) >= 11 is 0. The van der Waals surface area contributed by atoms with E-state index in [9.17, 15) is 9.59 Å². The van der Waals surface area contributed by atoms with Gasteiger partial charge in [-0.25, -0.2) is 4.79 Å². The van der Waals surface area contributed by atoms with E-state index in [1.165, 1.54) is 7.11 Å². The highest BCUT2D eigenvalue weighted by atomic mass is 16.6. The quantitative estimate of drug-likeness (QED) is 0.716. The molecule has 0 saturated heterocycles. The van der Waals surface area contributed by atoms with Crippen LogP contribution in [0.15, 0.2) is 54.6 Å². The molecule has 1 atom stereocenters. The van der Waals surface area contributed by atoms with E-state index in [1.807, 2.05) is 54.6 Å². The summed E-state index contributed by atoms with van der Waals surface area (Å²) in [7, 11) is 1.49. The molecule has 0 fully saturated rings. The van der Waals surface area contributed by atoms with Gasteiger partial charge in [-0.05, 0) is 37.5 Å². The largest absolute Gasteiger partial charge is 0.444 e. The minimum Gasteiger partial charge on any atom is -0.444 e. The third-order valence-corrected chi connectivity index (χ3v) is 3.90. The van der Waals surface area contributed by atoms with Crippen molar-refractivity contribution >= 4 is 12.0 Å². The number of carbonyl (C=O) groups excluding carboxylic acids is 2. The highest BCUT2D eigenvalue weighted by Crippen LogP contribution is 2.20. The molecular weight excluding hydrogens is 356 g/mol. The Kier molecular flexibility index (Phi) is 7.58. The molecule has 6 nitrogen and oxygen atoms in total. The number of ether oxygens (including phenoxy) is 2. The lowest BCUT2D eigenvalue weighted by Crippen LogP contribution is -2.49. The number of hydrogen-bond donors (Lipinski definition) is 2. The summed E-state index contributed by atoms with van der Waals surface area (Å²) in [5.74, 6) is -0.333. The van der Waals surface area contributed by atoms with Crippen LogP contribution in [0.1, 0.15) is 26.3 Å². The average Bonchev–Trinajstić information content (AvgIpc) is 2.65. The molecule has 0 radical (unpaired) electrons. The van der Waals surface area contributed by atoms with Crippen molar-refractivity contribution in [2.75, 3.05) is 13.8 Å². The topological polar surface area (TPSA) is 76.7 Å². The van der Waals surface area contributed by atoms with E-state index in [4.69, 9.17) is 9.47 Å². The van der Waals surface area contributed by atoms with Gasteiger partial charge in [-0.3, -0.25) is 4.79 Å². The lowest BCUT2D eigenvalue weighted by molar-refractivity contribution is -0.124. The van der Waals surface area contributed by atoms with Gasteiger partial charge < -0.3 is 20.1 Å². The van der Waals surface area contributed by atoms with E-state index >= 15 is 0 Å². The summed E-state index contributed by atoms with van der Waals surface area (Å²) in [6, 6.07) is 17.2. The molecule has 0 aliphatic carbocycles. The average molecular weight is 384 g/mol. The molecule has 150 valence electrons. The van der Waals surface area contributed by atoms with Gasteiger partial charge in [0.05, 0.1) is 0 Å². The minimum absolute atomic E-state index is 0.0677. The van der Waals surface area contributed by atoms with E-state index in [2.05, 4.69) is 10.6 Å². The summed E-state index contributed by atoms with van der Waals surface area (Å²) in [5, 5.41) is 5.27. The third-order valence-electron chi connectivity index (χ3n) is 3.90. The first-order valence-electron chi connectivity index (χ1n) is 9.19. The number of methoxy groups -OCH3 is 1. The minimum atomic E-state index is -0.771. The maximum absolute atomic E-state index is 12.4. The van der Waals surface area contributed by atoms with E-state index in [0.29, 0.717) is 6.42 Å². The summed E-state index contributed by atoms with van der Waals surface area (Å²) in [6.45, 7) is 5.39. The maximum atomic E-state index is 12.4. The number of benzene rings is 2. The van der Waals surface area contributed by atoms with Crippen molar-refractivity contribution in [1.29, 1.82) is 0 Å². The monoisotopic (exact) mass is 384 g/mol. The van der Waals surface area contributed by atoms with Crippen molar-refractivity contribution in [3.8, 4) is 11.1 Å². The SMILES string of the molecule is COCNC(=O)[C@H](Cc1ccc(-c2ccccc2)cc1)NC(=O)OC(C)(C)C. The maximum Gasteiger partial charge on any atom is 0.408 e. The predicted molar refractivity (Wildman–Crippen MR) is 109 cm³/mol. The zero-order valence-corrected chi connectivity index (χ0v) is 16.8. The van der Waals surface area contributed by atoms with Crippen LogP contribution in [0.25, 0.3) is 11.1 Å². The van der Waals surface area contributed by atoms with E-state index < -0.39 is 17.7 Å². The molecule has 0 heterocycles. The molecular formula is C22H28N2O4. The fourth-order valence-corrected chi connectivity index (χ4v) is 2.63. The molecule has 2 rings (SSSR count). The molecule has 0 unspecified atom stereocenters. The van der Waals surface area contributed by atoms with Crippen molar-refractivity contribution in [3.05, 3.63) is 60.2 Å². The van der Waals surface area contributed by atoms with Gasteiger partial charge in [0, 0.05) is 13.5 Å². The first kappa shape index (κ1) is 21.4. The van der Waals surface area contributed by atoms with Gasteiger partial charge in [-0.15, -0.1) is 0 Å². The second-order valence-electron chi connectivity index (χ2n) is 7.44. The van der Waals surface area contributed by atoms with Gasteiger partial charge in [-0.1, -0.05) is 54.6 Å². The normalized spacial score (nSPS) is 12.1. The summed E-state index contributed by atoms with van der Waals surface area (Å²) in [4.78, 5) is 24.6. The van der Waals surface area contributed by atoms with Crippen LogP contribution >= 0.6 is 0 Å². The summed E-state index contributed by atoms with van der Waals surface area (Å²) in [6.07, 6.45) is -0.296.